The molecular formula is C16H18N2O3. The fraction of sp³-hybridized carbons (Fsp3) is 0.312. The van der Waals surface area contributed by atoms with Crippen LogP contribution in [0.4, 0.5) is 0 Å². The zero-order chi connectivity index (χ0) is 15.4. The predicted molar refractivity (Wildman–Crippen MR) is 79.4 cm³/mol. The summed E-state index contributed by atoms with van der Waals surface area (Å²) in [5.74, 6) is 0.208. The molecule has 0 aromatic carbocycles. The van der Waals surface area contributed by atoms with Crippen LogP contribution in [0.1, 0.15) is 27.4 Å². The van der Waals surface area contributed by atoms with E-state index >= 15 is 0 Å². The molecule has 1 amide bonds. The predicted octanol–water partition coefficient (Wildman–Crippen LogP) is 1.97. The first-order valence-corrected chi connectivity index (χ1v) is 6.75. The molecule has 0 unspecified atom stereocenters. The van der Waals surface area contributed by atoms with Crippen LogP contribution in [0.15, 0.2) is 39.7 Å². The zero-order valence-corrected chi connectivity index (χ0v) is 12.4. The van der Waals surface area contributed by atoms with Crippen molar-refractivity contribution in [1.29, 1.82) is 0 Å². The monoisotopic (exact) mass is 286 g/mol. The van der Waals surface area contributed by atoms with Crippen molar-refractivity contribution < 1.29 is 9.21 Å². The number of pyridine rings is 1. The van der Waals surface area contributed by atoms with Gasteiger partial charge in [0.15, 0.2) is 0 Å². The summed E-state index contributed by atoms with van der Waals surface area (Å²) in [4.78, 5) is 29.6. The number of likely N-dealkylation sites (N-methyl/N-ethyl adjacent to an activating group) is 1. The van der Waals surface area contributed by atoms with E-state index in [2.05, 4.69) is 4.98 Å². The number of carbonyl (C=O) groups is 1. The quantitative estimate of drug-likeness (QED) is 0.862. The Balaban J connectivity index is 2.11. The van der Waals surface area contributed by atoms with Crippen LogP contribution in [-0.4, -0.2) is 29.4 Å². The second kappa shape index (κ2) is 6.35. The summed E-state index contributed by atoms with van der Waals surface area (Å²) in [7, 11) is 1.73. The highest BCUT2D eigenvalue weighted by Crippen LogP contribution is 2.13. The van der Waals surface area contributed by atoms with Gasteiger partial charge in [-0.2, -0.15) is 0 Å². The molecule has 5 nitrogen and oxygen atoms in total. The van der Waals surface area contributed by atoms with Crippen LogP contribution in [0.2, 0.25) is 0 Å². The molecule has 0 atom stereocenters. The highest BCUT2D eigenvalue weighted by Gasteiger charge is 2.18. The molecule has 0 N–H and O–H groups in total. The maximum absolute atomic E-state index is 12.5. The van der Waals surface area contributed by atoms with Gasteiger partial charge in [0, 0.05) is 38.0 Å². The van der Waals surface area contributed by atoms with Gasteiger partial charge in [0.1, 0.15) is 5.76 Å². The fourth-order valence-electron chi connectivity index (χ4n) is 2.20. The second-order valence-electron chi connectivity index (χ2n) is 4.98. The highest BCUT2D eigenvalue weighted by molar-refractivity contribution is 5.96. The standard InChI is InChI=1S/C16H18N2O3/c1-11-10-14(19)21-12(2)15(11)16(20)18(3)9-7-13-6-4-5-8-17-13/h4-6,8,10H,7,9H2,1-3H3. The first-order chi connectivity index (χ1) is 9.99. The number of aromatic nitrogens is 1. The van der Waals surface area contributed by atoms with Crippen LogP contribution in [0, 0.1) is 13.8 Å². The number of amides is 1. The molecule has 0 spiro atoms. The first-order valence-electron chi connectivity index (χ1n) is 6.75. The number of nitrogens with zero attached hydrogens (tertiary/aromatic N) is 2. The molecule has 0 radical (unpaired) electrons. The first kappa shape index (κ1) is 15.0. The van der Waals surface area contributed by atoms with Crippen molar-refractivity contribution >= 4 is 5.91 Å². The maximum atomic E-state index is 12.5. The smallest absolute Gasteiger partial charge is 0.336 e. The summed E-state index contributed by atoms with van der Waals surface area (Å²) in [5.41, 5.74) is 1.60. The minimum atomic E-state index is -0.433. The van der Waals surface area contributed by atoms with Crippen molar-refractivity contribution in [1.82, 2.24) is 9.88 Å². The Morgan fingerprint density at radius 2 is 2.10 bits per heavy atom. The summed E-state index contributed by atoms with van der Waals surface area (Å²) in [5, 5.41) is 0. The number of hydrogen-bond acceptors (Lipinski definition) is 4. The normalized spacial score (nSPS) is 10.4. The van der Waals surface area contributed by atoms with E-state index in [1.165, 1.54) is 6.07 Å². The Hall–Kier alpha value is -2.43. The SMILES string of the molecule is Cc1cc(=O)oc(C)c1C(=O)N(C)CCc1ccccn1. The van der Waals surface area contributed by atoms with E-state index in [0.717, 1.165) is 5.69 Å². The highest BCUT2D eigenvalue weighted by atomic mass is 16.4. The average molecular weight is 286 g/mol. The van der Waals surface area contributed by atoms with Crippen LogP contribution in [0.5, 0.6) is 0 Å². The Morgan fingerprint density at radius 3 is 2.71 bits per heavy atom. The third kappa shape index (κ3) is 3.56. The van der Waals surface area contributed by atoms with E-state index in [1.54, 1.807) is 32.0 Å². The molecule has 21 heavy (non-hydrogen) atoms. The van der Waals surface area contributed by atoms with Crippen molar-refractivity contribution in [3.8, 4) is 0 Å². The van der Waals surface area contributed by atoms with Gasteiger partial charge in [-0.3, -0.25) is 9.78 Å². The molecule has 0 bridgehead atoms. The van der Waals surface area contributed by atoms with Crippen LogP contribution >= 0.6 is 0 Å². The van der Waals surface area contributed by atoms with Gasteiger partial charge in [0.2, 0.25) is 0 Å². The number of hydrogen-bond donors (Lipinski definition) is 0. The maximum Gasteiger partial charge on any atom is 0.336 e. The second-order valence-corrected chi connectivity index (χ2v) is 4.98. The van der Waals surface area contributed by atoms with E-state index in [1.807, 2.05) is 18.2 Å². The van der Waals surface area contributed by atoms with Gasteiger partial charge in [0.25, 0.3) is 5.91 Å². The molecule has 2 aromatic heterocycles. The molecular weight excluding hydrogens is 268 g/mol. The average Bonchev–Trinajstić information content (AvgIpc) is 2.44. The molecule has 0 saturated heterocycles. The largest absolute Gasteiger partial charge is 0.427 e. The molecule has 0 aliphatic rings. The van der Waals surface area contributed by atoms with Gasteiger partial charge in [-0.15, -0.1) is 0 Å². The molecule has 0 fully saturated rings. The van der Waals surface area contributed by atoms with Crippen LogP contribution in [-0.2, 0) is 6.42 Å². The molecule has 5 heteroatoms. The van der Waals surface area contributed by atoms with Gasteiger partial charge in [0.05, 0.1) is 5.56 Å². The van der Waals surface area contributed by atoms with E-state index in [0.29, 0.717) is 29.9 Å². The van der Waals surface area contributed by atoms with Crippen molar-refractivity contribution in [2.75, 3.05) is 13.6 Å². The Bertz CT molecular complexity index is 666. The van der Waals surface area contributed by atoms with E-state index in [-0.39, 0.29) is 5.91 Å². The number of aryl methyl sites for hydroxylation is 2. The van der Waals surface area contributed by atoms with Crippen molar-refractivity contribution in [2.24, 2.45) is 0 Å². The fourth-order valence-corrected chi connectivity index (χ4v) is 2.20. The lowest BCUT2D eigenvalue weighted by Gasteiger charge is -2.18. The van der Waals surface area contributed by atoms with Crippen molar-refractivity contribution in [3.63, 3.8) is 0 Å². The molecule has 0 aliphatic heterocycles. The van der Waals surface area contributed by atoms with E-state index < -0.39 is 5.63 Å². The van der Waals surface area contributed by atoms with Gasteiger partial charge >= 0.3 is 5.63 Å². The summed E-state index contributed by atoms with van der Waals surface area (Å²) in [6, 6.07) is 7.05. The minimum absolute atomic E-state index is 0.148. The lowest BCUT2D eigenvalue weighted by Crippen LogP contribution is -2.30. The van der Waals surface area contributed by atoms with Gasteiger partial charge in [-0.1, -0.05) is 6.07 Å². The van der Waals surface area contributed by atoms with Crippen molar-refractivity contribution in [2.45, 2.75) is 20.3 Å². The third-order valence-corrected chi connectivity index (χ3v) is 3.32. The Kier molecular flexibility index (Phi) is 4.52. The van der Waals surface area contributed by atoms with Crippen molar-refractivity contribution in [3.05, 3.63) is 63.5 Å². The third-order valence-electron chi connectivity index (χ3n) is 3.32. The van der Waals surface area contributed by atoms with Gasteiger partial charge in [-0.05, 0) is 31.5 Å². The van der Waals surface area contributed by atoms with Crippen LogP contribution in [0.3, 0.4) is 0 Å². The lowest BCUT2D eigenvalue weighted by molar-refractivity contribution is 0.0791. The van der Waals surface area contributed by atoms with Crippen LogP contribution in [0.25, 0.3) is 0 Å². The Labute approximate surface area is 123 Å². The summed E-state index contributed by atoms with van der Waals surface area (Å²) < 4.78 is 5.01. The summed E-state index contributed by atoms with van der Waals surface area (Å²) in [6.45, 7) is 3.92. The molecule has 0 aliphatic carbocycles. The van der Waals surface area contributed by atoms with E-state index in [4.69, 9.17) is 4.42 Å². The van der Waals surface area contributed by atoms with E-state index in [9.17, 15) is 9.59 Å². The zero-order valence-electron chi connectivity index (χ0n) is 12.4. The number of carbonyl (C=O) groups excluding carboxylic acids is 1. The minimum Gasteiger partial charge on any atom is -0.427 e. The molecule has 110 valence electrons. The Morgan fingerprint density at radius 1 is 1.33 bits per heavy atom. The summed E-state index contributed by atoms with van der Waals surface area (Å²) in [6.07, 6.45) is 2.41. The topological polar surface area (TPSA) is 63.4 Å². The number of rotatable bonds is 4. The van der Waals surface area contributed by atoms with Crippen LogP contribution < -0.4 is 5.63 Å². The molecule has 2 heterocycles. The van der Waals surface area contributed by atoms with Gasteiger partial charge < -0.3 is 9.32 Å². The molecule has 2 rings (SSSR count). The summed E-state index contributed by atoms with van der Waals surface area (Å²) >= 11 is 0. The van der Waals surface area contributed by atoms with Gasteiger partial charge in [-0.25, -0.2) is 4.79 Å². The molecule has 2 aromatic rings. The molecule has 0 saturated carbocycles. The lowest BCUT2D eigenvalue weighted by atomic mass is 10.1.